The van der Waals surface area contributed by atoms with E-state index >= 15 is 0 Å². The van der Waals surface area contributed by atoms with Crippen molar-refractivity contribution in [3.05, 3.63) is 24.3 Å². The molecule has 29 heavy (non-hydrogen) atoms. The first-order valence-corrected chi connectivity index (χ1v) is 11.2. The van der Waals surface area contributed by atoms with E-state index in [9.17, 15) is 5.11 Å². The van der Waals surface area contributed by atoms with Crippen LogP contribution < -0.4 is 9.64 Å². The Hall–Kier alpha value is -1.30. The molecule has 2 saturated carbocycles. The van der Waals surface area contributed by atoms with Crippen molar-refractivity contribution >= 4 is 5.69 Å². The van der Waals surface area contributed by atoms with Gasteiger partial charge in [0.2, 0.25) is 0 Å². The number of β-amino-alcohol motifs (C(OH)–C–C–N with tert-alkyl or cyclic N) is 1. The summed E-state index contributed by atoms with van der Waals surface area (Å²) in [5, 5.41) is 10.6. The number of rotatable bonds is 7. The van der Waals surface area contributed by atoms with Crippen molar-refractivity contribution in [1.82, 2.24) is 4.90 Å². The zero-order chi connectivity index (χ0) is 20.6. The summed E-state index contributed by atoms with van der Waals surface area (Å²) in [6.07, 6.45) is 3.64. The molecule has 1 aromatic rings. The van der Waals surface area contributed by atoms with Gasteiger partial charge in [0.25, 0.3) is 0 Å². The van der Waals surface area contributed by atoms with Crippen molar-refractivity contribution < 1.29 is 14.6 Å². The molecule has 162 valence electrons. The second-order valence-electron chi connectivity index (χ2n) is 10.0. The standard InChI is InChI=1S/C24H38N2O3/c1-23(2)18-9-10-24(23,3)22(15-18)29-17-19(27)16-25-11-13-26(14-12-25)20-7-5-6-8-21(20)28-4/h5-8,18-19,22,27H,9-17H2,1-4H3/t18-,19-,22+,24-/m1/s1. The molecule has 5 nitrogen and oxygen atoms in total. The van der Waals surface area contributed by atoms with Crippen LogP contribution in [-0.4, -0.2) is 68.7 Å². The van der Waals surface area contributed by atoms with Crippen LogP contribution in [0.25, 0.3) is 0 Å². The molecule has 1 saturated heterocycles. The number of fused-ring (bicyclic) bond motifs is 2. The minimum atomic E-state index is -0.418. The van der Waals surface area contributed by atoms with E-state index in [0.29, 0.717) is 24.7 Å². The highest BCUT2D eigenvalue weighted by atomic mass is 16.5. The Bertz CT molecular complexity index is 701. The van der Waals surface area contributed by atoms with Gasteiger partial charge in [-0.05, 0) is 48.1 Å². The molecule has 2 bridgehead atoms. The number of para-hydroxylation sites is 2. The van der Waals surface area contributed by atoms with Gasteiger partial charge < -0.3 is 19.5 Å². The van der Waals surface area contributed by atoms with Gasteiger partial charge in [0, 0.05) is 32.7 Å². The van der Waals surface area contributed by atoms with Crippen LogP contribution in [-0.2, 0) is 4.74 Å². The van der Waals surface area contributed by atoms with Crippen LogP contribution in [0.1, 0.15) is 40.0 Å². The van der Waals surface area contributed by atoms with Gasteiger partial charge in [0.05, 0.1) is 31.6 Å². The van der Waals surface area contributed by atoms with Crippen molar-refractivity contribution in [3.8, 4) is 5.75 Å². The predicted molar refractivity (Wildman–Crippen MR) is 117 cm³/mol. The van der Waals surface area contributed by atoms with E-state index in [2.05, 4.69) is 42.7 Å². The third-order valence-corrected chi connectivity index (χ3v) is 8.47. The van der Waals surface area contributed by atoms with E-state index in [4.69, 9.17) is 9.47 Å². The summed E-state index contributed by atoms with van der Waals surface area (Å²) in [6, 6.07) is 8.20. The maximum absolute atomic E-state index is 10.6. The van der Waals surface area contributed by atoms with Crippen molar-refractivity contribution in [2.45, 2.75) is 52.2 Å². The number of anilines is 1. The number of methoxy groups -OCH3 is 1. The molecular formula is C24H38N2O3. The average molecular weight is 403 g/mol. The van der Waals surface area contributed by atoms with Crippen LogP contribution in [0, 0.1) is 16.7 Å². The Balaban J connectivity index is 1.23. The Morgan fingerprint density at radius 3 is 2.48 bits per heavy atom. The van der Waals surface area contributed by atoms with Crippen LogP contribution in [0.15, 0.2) is 24.3 Å². The summed E-state index contributed by atoms with van der Waals surface area (Å²) in [5.41, 5.74) is 1.78. The monoisotopic (exact) mass is 402 g/mol. The number of hydrogen-bond donors (Lipinski definition) is 1. The number of ether oxygens (including phenoxy) is 2. The topological polar surface area (TPSA) is 45.2 Å². The molecule has 0 spiro atoms. The van der Waals surface area contributed by atoms with E-state index in [1.807, 2.05) is 12.1 Å². The number of aliphatic hydroxyl groups is 1. The fraction of sp³-hybridized carbons (Fsp3) is 0.750. The molecule has 0 unspecified atom stereocenters. The normalized spacial score (nSPS) is 32.5. The van der Waals surface area contributed by atoms with Gasteiger partial charge in [-0.15, -0.1) is 0 Å². The molecule has 4 rings (SSSR count). The SMILES string of the molecule is COc1ccccc1N1CCN(C[C@@H](O)CO[C@H]2C[C@H]3CC[C@@]2(C)C3(C)C)CC1. The molecule has 1 aliphatic heterocycles. The first kappa shape index (κ1) is 21.0. The molecule has 4 atom stereocenters. The number of nitrogens with zero attached hydrogens (tertiary/aromatic N) is 2. The molecule has 5 heteroatoms. The van der Waals surface area contributed by atoms with Crippen LogP contribution in [0.5, 0.6) is 5.75 Å². The van der Waals surface area contributed by atoms with E-state index in [-0.39, 0.29) is 5.41 Å². The molecule has 1 N–H and O–H groups in total. The van der Waals surface area contributed by atoms with Crippen LogP contribution in [0.2, 0.25) is 0 Å². The predicted octanol–water partition coefficient (Wildman–Crippen LogP) is 3.41. The van der Waals surface area contributed by atoms with Gasteiger partial charge in [-0.2, -0.15) is 0 Å². The minimum absolute atomic E-state index is 0.262. The largest absolute Gasteiger partial charge is 0.495 e. The zero-order valence-corrected chi connectivity index (χ0v) is 18.6. The maximum atomic E-state index is 10.6. The molecular weight excluding hydrogens is 364 g/mol. The number of piperazine rings is 1. The Kier molecular flexibility index (Phi) is 5.84. The highest BCUT2D eigenvalue weighted by molar-refractivity contribution is 5.58. The van der Waals surface area contributed by atoms with Gasteiger partial charge in [-0.1, -0.05) is 32.9 Å². The number of benzene rings is 1. The summed E-state index contributed by atoms with van der Waals surface area (Å²) in [4.78, 5) is 4.72. The van der Waals surface area contributed by atoms with Gasteiger partial charge in [0.15, 0.2) is 0 Å². The first-order chi connectivity index (χ1) is 13.8. The highest BCUT2D eigenvalue weighted by Crippen LogP contribution is 2.66. The summed E-state index contributed by atoms with van der Waals surface area (Å²) in [6.45, 7) is 12.2. The molecule has 3 fully saturated rings. The maximum Gasteiger partial charge on any atom is 0.142 e. The fourth-order valence-electron chi connectivity index (χ4n) is 6.02. The lowest BCUT2D eigenvalue weighted by molar-refractivity contribution is -0.0794. The van der Waals surface area contributed by atoms with E-state index in [1.54, 1.807) is 7.11 Å². The van der Waals surface area contributed by atoms with Crippen molar-refractivity contribution in [1.29, 1.82) is 0 Å². The molecule has 0 radical (unpaired) electrons. The molecule has 1 heterocycles. The minimum Gasteiger partial charge on any atom is -0.495 e. The molecule has 0 amide bonds. The smallest absolute Gasteiger partial charge is 0.142 e. The third kappa shape index (κ3) is 3.77. The van der Waals surface area contributed by atoms with Gasteiger partial charge in [-0.3, -0.25) is 4.90 Å². The van der Waals surface area contributed by atoms with Crippen molar-refractivity contribution in [2.24, 2.45) is 16.7 Å². The number of hydrogen-bond acceptors (Lipinski definition) is 5. The Morgan fingerprint density at radius 1 is 1.14 bits per heavy atom. The summed E-state index contributed by atoms with van der Waals surface area (Å²) in [7, 11) is 1.73. The molecule has 3 aliphatic rings. The van der Waals surface area contributed by atoms with Crippen molar-refractivity contribution in [3.63, 3.8) is 0 Å². The second-order valence-corrected chi connectivity index (χ2v) is 10.0. The molecule has 1 aromatic carbocycles. The first-order valence-electron chi connectivity index (χ1n) is 11.2. The van der Waals surface area contributed by atoms with Crippen LogP contribution in [0.4, 0.5) is 5.69 Å². The fourth-order valence-corrected chi connectivity index (χ4v) is 6.02. The van der Waals surface area contributed by atoms with Crippen LogP contribution >= 0.6 is 0 Å². The quantitative estimate of drug-likeness (QED) is 0.757. The van der Waals surface area contributed by atoms with Gasteiger partial charge in [0.1, 0.15) is 5.75 Å². The van der Waals surface area contributed by atoms with E-state index in [0.717, 1.165) is 50.0 Å². The average Bonchev–Trinajstić information content (AvgIpc) is 3.06. The summed E-state index contributed by atoms with van der Waals surface area (Å²) < 4.78 is 11.8. The number of aliphatic hydroxyl groups excluding tert-OH is 1. The summed E-state index contributed by atoms with van der Waals surface area (Å²) in [5.74, 6) is 1.70. The Morgan fingerprint density at radius 2 is 1.86 bits per heavy atom. The van der Waals surface area contributed by atoms with E-state index < -0.39 is 6.10 Å². The molecule has 2 aliphatic carbocycles. The van der Waals surface area contributed by atoms with Crippen LogP contribution in [0.3, 0.4) is 0 Å². The lowest BCUT2D eigenvalue weighted by Crippen LogP contribution is -2.49. The lowest BCUT2D eigenvalue weighted by Gasteiger charge is -2.40. The Labute approximate surface area is 176 Å². The van der Waals surface area contributed by atoms with Gasteiger partial charge in [-0.25, -0.2) is 0 Å². The zero-order valence-electron chi connectivity index (χ0n) is 18.6. The van der Waals surface area contributed by atoms with E-state index in [1.165, 1.54) is 12.8 Å². The highest BCUT2D eigenvalue weighted by Gasteiger charge is 2.61. The second kappa shape index (κ2) is 8.09. The third-order valence-electron chi connectivity index (χ3n) is 8.47. The molecule has 0 aromatic heterocycles. The summed E-state index contributed by atoms with van der Waals surface area (Å²) >= 11 is 0. The van der Waals surface area contributed by atoms with Crippen molar-refractivity contribution in [2.75, 3.05) is 51.3 Å². The lowest BCUT2D eigenvalue weighted by atomic mass is 9.70. The van der Waals surface area contributed by atoms with Gasteiger partial charge >= 0.3 is 0 Å².